The summed E-state index contributed by atoms with van der Waals surface area (Å²) in [6.07, 6.45) is -0.391. The van der Waals surface area contributed by atoms with Crippen molar-refractivity contribution in [2.45, 2.75) is 6.10 Å². The van der Waals surface area contributed by atoms with Crippen molar-refractivity contribution in [3.05, 3.63) is 29.8 Å². The molecule has 1 heterocycles. The molecule has 0 spiro atoms. The molecule has 3 amide bonds. The van der Waals surface area contributed by atoms with E-state index < -0.39 is 6.10 Å². The predicted octanol–water partition coefficient (Wildman–Crippen LogP) is 0.460. The van der Waals surface area contributed by atoms with E-state index in [9.17, 15) is 14.7 Å². The van der Waals surface area contributed by atoms with E-state index >= 15 is 0 Å². The SMILES string of the molecule is CN(C)C[C@H](O)CN1CCN(C(=O)Nc2cccc(C(=O)N(C)C)c2)CC1. The fraction of sp³-hybridized carbons (Fsp3) is 0.579. The summed E-state index contributed by atoms with van der Waals surface area (Å²) in [6.45, 7) is 3.92. The van der Waals surface area contributed by atoms with Crippen LogP contribution >= 0.6 is 0 Å². The molecule has 0 aromatic heterocycles. The Morgan fingerprint density at radius 3 is 2.41 bits per heavy atom. The molecular formula is C19H31N5O3. The molecule has 1 aromatic carbocycles. The maximum atomic E-state index is 12.5. The topological polar surface area (TPSA) is 79.4 Å². The largest absolute Gasteiger partial charge is 0.390 e. The first-order valence-electron chi connectivity index (χ1n) is 9.19. The lowest BCUT2D eigenvalue weighted by Gasteiger charge is -2.35. The summed E-state index contributed by atoms with van der Waals surface area (Å²) in [5, 5.41) is 12.9. The van der Waals surface area contributed by atoms with Crippen molar-refractivity contribution >= 4 is 17.6 Å². The van der Waals surface area contributed by atoms with Gasteiger partial charge in [-0.2, -0.15) is 0 Å². The lowest BCUT2D eigenvalue weighted by molar-refractivity contribution is 0.0677. The molecule has 1 fully saturated rings. The first-order valence-corrected chi connectivity index (χ1v) is 9.19. The van der Waals surface area contributed by atoms with Crippen LogP contribution in [0.1, 0.15) is 10.4 Å². The number of aliphatic hydroxyl groups is 1. The highest BCUT2D eigenvalue weighted by molar-refractivity contribution is 5.96. The van der Waals surface area contributed by atoms with Gasteiger partial charge in [0.15, 0.2) is 0 Å². The Kier molecular flexibility index (Phi) is 7.58. The Morgan fingerprint density at radius 1 is 1.15 bits per heavy atom. The van der Waals surface area contributed by atoms with Gasteiger partial charge in [-0.1, -0.05) is 6.07 Å². The maximum Gasteiger partial charge on any atom is 0.321 e. The summed E-state index contributed by atoms with van der Waals surface area (Å²) in [6, 6.07) is 6.79. The second-order valence-electron chi connectivity index (χ2n) is 7.41. The molecule has 1 aliphatic heterocycles. The second kappa shape index (κ2) is 9.68. The van der Waals surface area contributed by atoms with Crippen LogP contribution in [0.15, 0.2) is 24.3 Å². The summed E-state index contributed by atoms with van der Waals surface area (Å²) >= 11 is 0. The number of carbonyl (C=O) groups is 2. The van der Waals surface area contributed by atoms with E-state index in [1.165, 1.54) is 4.90 Å². The van der Waals surface area contributed by atoms with Crippen LogP contribution < -0.4 is 5.32 Å². The van der Waals surface area contributed by atoms with E-state index in [0.717, 1.165) is 13.1 Å². The molecule has 0 bridgehead atoms. The maximum absolute atomic E-state index is 12.5. The highest BCUT2D eigenvalue weighted by Crippen LogP contribution is 2.13. The van der Waals surface area contributed by atoms with Gasteiger partial charge in [0, 0.05) is 64.6 Å². The Bertz CT molecular complexity index is 642. The number of carbonyl (C=O) groups excluding carboxylic acids is 2. The van der Waals surface area contributed by atoms with E-state index in [0.29, 0.717) is 37.4 Å². The van der Waals surface area contributed by atoms with E-state index in [-0.39, 0.29) is 11.9 Å². The fourth-order valence-electron chi connectivity index (χ4n) is 3.10. The van der Waals surface area contributed by atoms with Crippen LogP contribution in [-0.2, 0) is 0 Å². The highest BCUT2D eigenvalue weighted by Gasteiger charge is 2.23. The molecule has 1 aromatic rings. The monoisotopic (exact) mass is 377 g/mol. The molecule has 0 radical (unpaired) electrons. The molecule has 0 aliphatic carbocycles. The average molecular weight is 377 g/mol. The smallest absolute Gasteiger partial charge is 0.321 e. The zero-order valence-electron chi connectivity index (χ0n) is 16.7. The van der Waals surface area contributed by atoms with E-state index in [4.69, 9.17) is 0 Å². The molecule has 0 unspecified atom stereocenters. The first kappa shape index (κ1) is 21.1. The molecule has 8 nitrogen and oxygen atoms in total. The third-order valence-electron chi connectivity index (χ3n) is 4.47. The quantitative estimate of drug-likeness (QED) is 0.753. The number of β-amino-alcohol motifs (C(OH)–C–C–N with tert-alkyl or cyclic N) is 1. The lowest BCUT2D eigenvalue weighted by atomic mass is 10.2. The van der Waals surface area contributed by atoms with Gasteiger partial charge in [0.1, 0.15) is 0 Å². The van der Waals surface area contributed by atoms with E-state index in [1.54, 1.807) is 43.3 Å². The summed E-state index contributed by atoms with van der Waals surface area (Å²) in [5.74, 6) is -0.101. The number of anilines is 1. The molecule has 2 N–H and O–H groups in total. The van der Waals surface area contributed by atoms with Gasteiger partial charge >= 0.3 is 6.03 Å². The molecule has 0 saturated carbocycles. The number of likely N-dealkylation sites (N-methyl/N-ethyl adjacent to an activating group) is 1. The predicted molar refractivity (Wildman–Crippen MR) is 106 cm³/mol. The van der Waals surface area contributed by atoms with Gasteiger partial charge < -0.3 is 25.1 Å². The molecule has 1 saturated heterocycles. The van der Waals surface area contributed by atoms with Crippen molar-refractivity contribution in [3.8, 4) is 0 Å². The van der Waals surface area contributed by atoms with Gasteiger partial charge in [0.05, 0.1) is 6.10 Å². The first-order chi connectivity index (χ1) is 12.8. The Balaban J connectivity index is 1.84. The number of piperazine rings is 1. The van der Waals surface area contributed by atoms with Crippen molar-refractivity contribution in [1.29, 1.82) is 0 Å². The fourth-order valence-corrected chi connectivity index (χ4v) is 3.10. The van der Waals surface area contributed by atoms with Crippen molar-refractivity contribution in [2.75, 3.05) is 72.8 Å². The van der Waals surface area contributed by atoms with Crippen molar-refractivity contribution < 1.29 is 14.7 Å². The summed E-state index contributed by atoms with van der Waals surface area (Å²) < 4.78 is 0. The number of rotatable bonds is 6. The van der Waals surface area contributed by atoms with E-state index in [2.05, 4.69) is 10.2 Å². The summed E-state index contributed by atoms with van der Waals surface area (Å²) in [7, 11) is 7.27. The standard InChI is InChI=1S/C19H31N5O3/c1-21(2)13-17(25)14-23-8-10-24(11-9-23)19(27)20-16-7-5-6-15(12-16)18(26)22(3)4/h5-7,12,17,25H,8-11,13-14H2,1-4H3,(H,20,27)/t17-/m0/s1. The van der Waals surface area contributed by atoms with Gasteiger partial charge in [-0.25, -0.2) is 4.79 Å². The number of amides is 3. The van der Waals surface area contributed by atoms with Gasteiger partial charge in [-0.05, 0) is 32.3 Å². The summed E-state index contributed by atoms with van der Waals surface area (Å²) in [4.78, 5) is 32.0. The number of benzene rings is 1. The van der Waals surface area contributed by atoms with Crippen LogP contribution in [0, 0.1) is 0 Å². The van der Waals surface area contributed by atoms with Gasteiger partial charge in [0.25, 0.3) is 5.91 Å². The van der Waals surface area contributed by atoms with Crippen LogP contribution in [-0.4, -0.2) is 110 Å². The second-order valence-corrected chi connectivity index (χ2v) is 7.41. The average Bonchev–Trinajstić information content (AvgIpc) is 2.61. The van der Waals surface area contributed by atoms with Crippen molar-refractivity contribution in [2.24, 2.45) is 0 Å². The minimum absolute atomic E-state index is 0.101. The van der Waals surface area contributed by atoms with Gasteiger partial charge in [0.2, 0.25) is 0 Å². The Morgan fingerprint density at radius 2 is 1.81 bits per heavy atom. The van der Waals surface area contributed by atoms with Crippen LogP contribution in [0.3, 0.4) is 0 Å². The lowest BCUT2D eigenvalue weighted by Crippen LogP contribution is -2.52. The van der Waals surface area contributed by atoms with Crippen LogP contribution in [0.2, 0.25) is 0 Å². The molecule has 1 aliphatic rings. The van der Waals surface area contributed by atoms with Crippen LogP contribution in [0.4, 0.5) is 10.5 Å². The number of nitrogens with zero attached hydrogens (tertiary/aromatic N) is 4. The molecular weight excluding hydrogens is 346 g/mol. The molecule has 150 valence electrons. The molecule has 27 heavy (non-hydrogen) atoms. The number of hydrogen-bond acceptors (Lipinski definition) is 5. The molecule has 1 atom stereocenters. The normalized spacial score (nSPS) is 16.3. The molecule has 8 heteroatoms. The van der Waals surface area contributed by atoms with Gasteiger partial charge in [-0.15, -0.1) is 0 Å². The number of aliphatic hydroxyl groups excluding tert-OH is 1. The number of nitrogens with one attached hydrogen (secondary N) is 1. The minimum Gasteiger partial charge on any atom is -0.390 e. The van der Waals surface area contributed by atoms with E-state index in [1.807, 2.05) is 19.0 Å². The Hall–Kier alpha value is -2.16. The van der Waals surface area contributed by atoms with Crippen LogP contribution in [0.25, 0.3) is 0 Å². The highest BCUT2D eigenvalue weighted by atomic mass is 16.3. The third-order valence-corrected chi connectivity index (χ3v) is 4.47. The minimum atomic E-state index is -0.391. The van der Waals surface area contributed by atoms with Crippen molar-refractivity contribution in [3.63, 3.8) is 0 Å². The van der Waals surface area contributed by atoms with Crippen molar-refractivity contribution in [1.82, 2.24) is 19.6 Å². The van der Waals surface area contributed by atoms with Gasteiger partial charge in [-0.3, -0.25) is 9.69 Å². The number of hydrogen-bond donors (Lipinski definition) is 2. The molecule has 2 rings (SSSR count). The Labute approximate surface area is 161 Å². The third kappa shape index (κ3) is 6.50. The summed E-state index contributed by atoms with van der Waals surface area (Å²) in [5.41, 5.74) is 1.15. The number of urea groups is 1. The van der Waals surface area contributed by atoms with Crippen LogP contribution in [0.5, 0.6) is 0 Å². The zero-order valence-corrected chi connectivity index (χ0v) is 16.7. The zero-order chi connectivity index (χ0) is 20.0.